The Morgan fingerprint density at radius 2 is 1.90 bits per heavy atom. The maximum absolute atomic E-state index is 13.2. The number of rotatable bonds is 2. The number of carbonyl (C=O) groups excluding carboxylic acids is 1. The number of anilines is 2. The van der Waals surface area contributed by atoms with Gasteiger partial charge in [-0.3, -0.25) is 14.6 Å². The minimum Gasteiger partial charge on any atom is -0.343 e. The van der Waals surface area contributed by atoms with Gasteiger partial charge in [-0.1, -0.05) is 23.7 Å². The van der Waals surface area contributed by atoms with Crippen LogP contribution in [0.2, 0.25) is 5.02 Å². The molecule has 5 rings (SSSR count). The second-order valence-corrected chi connectivity index (χ2v) is 8.42. The van der Waals surface area contributed by atoms with Crippen molar-refractivity contribution in [2.45, 2.75) is 44.4 Å². The van der Waals surface area contributed by atoms with Crippen LogP contribution in [0, 0.1) is 0 Å². The number of ketones is 1. The van der Waals surface area contributed by atoms with Gasteiger partial charge < -0.3 is 10.2 Å². The Labute approximate surface area is 174 Å². The number of hydrogen-bond donors (Lipinski definition) is 2. The summed E-state index contributed by atoms with van der Waals surface area (Å²) in [7, 11) is 0. The molecule has 1 saturated heterocycles. The van der Waals surface area contributed by atoms with Gasteiger partial charge in [-0.15, -0.1) is 0 Å². The number of fused-ring (bicyclic) bond motifs is 1. The van der Waals surface area contributed by atoms with E-state index in [1.54, 1.807) is 6.07 Å². The van der Waals surface area contributed by atoms with Gasteiger partial charge in [0.1, 0.15) is 5.82 Å². The highest BCUT2D eigenvalue weighted by Crippen LogP contribution is 2.43. The predicted octanol–water partition coefficient (Wildman–Crippen LogP) is 3.98. The van der Waals surface area contributed by atoms with Crippen LogP contribution in [0.15, 0.2) is 40.3 Å². The van der Waals surface area contributed by atoms with Gasteiger partial charge >= 0.3 is 0 Å². The summed E-state index contributed by atoms with van der Waals surface area (Å²) in [5.41, 5.74) is 2.73. The van der Waals surface area contributed by atoms with E-state index in [4.69, 9.17) is 16.6 Å². The van der Waals surface area contributed by atoms with Crippen LogP contribution in [-0.4, -0.2) is 28.8 Å². The Kier molecular flexibility index (Phi) is 4.66. The summed E-state index contributed by atoms with van der Waals surface area (Å²) in [5, 5.41) is 3.92. The molecule has 2 aliphatic heterocycles. The van der Waals surface area contributed by atoms with Crippen molar-refractivity contribution >= 4 is 29.2 Å². The number of carbonyl (C=O) groups is 1. The molecule has 1 aromatic carbocycles. The molecule has 6 nitrogen and oxygen atoms in total. The standard InChI is InChI=1S/C22H23ClN4O2/c23-14-7-4-6-13(12-14)17-18-15(8-5-9-16(18)28)24-20-19(17)21(29)26-22(25-20)27-10-2-1-3-11-27/h4,6-7,12,17H,1-3,5,8-11H2,(H2,24,25,26,29). The van der Waals surface area contributed by atoms with Crippen molar-refractivity contribution in [2.75, 3.05) is 23.3 Å². The molecule has 1 unspecified atom stereocenters. The van der Waals surface area contributed by atoms with E-state index in [9.17, 15) is 9.59 Å². The lowest BCUT2D eigenvalue weighted by molar-refractivity contribution is -0.116. The van der Waals surface area contributed by atoms with E-state index in [1.807, 2.05) is 18.2 Å². The quantitative estimate of drug-likeness (QED) is 0.783. The van der Waals surface area contributed by atoms with Gasteiger partial charge in [0.2, 0.25) is 5.95 Å². The third-order valence-electron chi connectivity index (χ3n) is 6.08. The minimum atomic E-state index is -0.445. The number of aromatic amines is 1. The number of Topliss-reactive ketones (excluding diaryl/α,β-unsaturated/α-hetero) is 1. The molecular weight excluding hydrogens is 388 g/mol. The summed E-state index contributed by atoms with van der Waals surface area (Å²) >= 11 is 6.24. The Hall–Kier alpha value is -2.60. The van der Waals surface area contributed by atoms with E-state index < -0.39 is 5.92 Å². The molecule has 0 bridgehead atoms. The van der Waals surface area contributed by atoms with Crippen molar-refractivity contribution in [1.82, 2.24) is 9.97 Å². The number of nitrogens with zero attached hydrogens (tertiary/aromatic N) is 2. The van der Waals surface area contributed by atoms with E-state index >= 15 is 0 Å². The molecule has 29 heavy (non-hydrogen) atoms. The highest BCUT2D eigenvalue weighted by Gasteiger charge is 2.38. The fraction of sp³-hybridized carbons (Fsp3) is 0.409. The number of H-pyrrole nitrogens is 1. The Balaban J connectivity index is 1.68. The minimum absolute atomic E-state index is 0.0916. The maximum Gasteiger partial charge on any atom is 0.258 e. The third kappa shape index (κ3) is 3.25. The second kappa shape index (κ2) is 7.34. The second-order valence-electron chi connectivity index (χ2n) is 7.98. The number of benzene rings is 1. The van der Waals surface area contributed by atoms with Crippen LogP contribution >= 0.6 is 11.6 Å². The molecule has 0 amide bonds. The number of hydrogen-bond acceptors (Lipinski definition) is 5. The lowest BCUT2D eigenvalue weighted by Gasteiger charge is -2.34. The molecule has 2 aromatic rings. The molecule has 150 valence electrons. The SMILES string of the molecule is O=C1CCCC2=C1C(c1cccc(Cl)c1)c1c(nc(N3CCCCC3)[nH]c1=O)N2. The molecule has 0 radical (unpaired) electrons. The van der Waals surface area contributed by atoms with Crippen LogP contribution in [-0.2, 0) is 4.79 Å². The van der Waals surface area contributed by atoms with Crippen LogP contribution < -0.4 is 15.8 Å². The lowest BCUT2D eigenvalue weighted by Crippen LogP contribution is -2.36. The van der Waals surface area contributed by atoms with Crippen molar-refractivity contribution in [2.24, 2.45) is 0 Å². The van der Waals surface area contributed by atoms with Crippen LogP contribution in [0.1, 0.15) is 55.6 Å². The average molecular weight is 411 g/mol. The van der Waals surface area contributed by atoms with Gasteiger partial charge in [0, 0.05) is 41.7 Å². The Bertz CT molecular complexity index is 1070. The highest BCUT2D eigenvalue weighted by atomic mass is 35.5. The summed E-state index contributed by atoms with van der Waals surface area (Å²) in [5.74, 6) is 0.818. The van der Waals surface area contributed by atoms with E-state index in [1.165, 1.54) is 6.42 Å². The van der Waals surface area contributed by atoms with E-state index in [2.05, 4.69) is 15.2 Å². The molecular formula is C22H23ClN4O2. The molecule has 1 fully saturated rings. The predicted molar refractivity (Wildman–Crippen MR) is 114 cm³/mol. The first kappa shape index (κ1) is 18.4. The summed E-state index contributed by atoms with van der Waals surface area (Å²) in [6.07, 6.45) is 5.51. The monoisotopic (exact) mass is 410 g/mol. The van der Waals surface area contributed by atoms with Crippen molar-refractivity contribution in [1.29, 1.82) is 0 Å². The number of nitrogens with one attached hydrogen (secondary N) is 2. The van der Waals surface area contributed by atoms with Gasteiger partial charge in [0.15, 0.2) is 5.78 Å². The summed E-state index contributed by atoms with van der Waals surface area (Å²) in [6.45, 7) is 1.79. The van der Waals surface area contributed by atoms with Gasteiger partial charge in [-0.25, -0.2) is 0 Å². The summed E-state index contributed by atoms with van der Waals surface area (Å²) in [4.78, 5) is 36.0. The number of halogens is 1. The smallest absolute Gasteiger partial charge is 0.258 e. The van der Waals surface area contributed by atoms with Gasteiger partial charge in [0.25, 0.3) is 5.56 Å². The average Bonchev–Trinajstić information content (AvgIpc) is 2.73. The normalized spacial score (nSPS) is 21.5. The molecule has 1 atom stereocenters. The van der Waals surface area contributed by atoms with Gasteiger partial charge in [-0.05, 0) is 49.8 Å². The third-order valence-corrected chi connectivity index (χ3v) is 6.32. The van der Waals surface area contributed by atoms with Gasteiger partial charge in [-0.2, -0.15) is 4.98 Å². The van der Waals surface area contributed by atoms with E-state index in [0.717, 1.165) is 50.0 Å². The van der Waals surface area contributed by atoms with Crippen LogP contribution in [0.3, 0.4) is 0 Å². The zero-order valence-electron chi connectivity index (χ0n) is 16.1. The summed E-state index contributed by atoms with van der Waals surface area (Å²) < 4.78 is 0. The number of piperidine rings is 1. The molecule has 1 aliphatic carbocycles. The zero-order chi connectivity index (χ0) is 20.0. The first-order valence-electron chi connectivity index (χ1n) is 10.3. The van der Waals surface area contributed by atoms with Crippen LogP contribution in [0.4, 0.5) is 11.8 Å². The van der Waals surface area contributed by atoms with Crippen molar-refractivity contribution < 1.29 is 4.79 Å². The zero-order valence-corrected chi connectivity index (χ0v) is 16.9. The molecule has 3 heterocycles. The lowest BCUT2D eigenvalue weighted by atomic mass is 9.76. The molecule has 0 spiro atoms. The first-order chi connectivity index (χ1) is 14.1. The molecule has 3 aliphatic rings. The first-order valence-corrected chi connectivity index (χ1v) is 10.7. The van der Waals surface area contributed by atoms with Gasteiger partial charge in [0.05, 0.1) is 5.56 Å². The molecule has 1 aromatic heterocycles. The molecule has 2 N–H and O–H groups in total. The van der Waals surface area contributed by atoms with Crippen LogP contribution in [0.25, 0.3) is 0 Å². The molecule has 7 heteroatoms. The maximum atomic E-state index is 13.2. The fourth-order valence-corrected chi connectivity index (χ4v) is 4.92. The van der Waals surface area contributed by atoms with E-state index in [0.29, 0.717) is 34.3 Å². The number of aromatic nitrogens is 2. The van der Waals surface area contributed by atoms with E-state index in [-0.39, 0.29) is 11.3 Å². The molecule has 0 saturated carbocycles. The Morgan fingerprint density at radius 1 is 1.07 bits per heavy atom. The van der Waals surface area contributed by atoms with Crippen molar-refractivity contribution in [3.63, 3.8) is 0 Å². The number of allylic oxidation sites excluding steroid dienone is 2. The topological polar surface area (TPSA) is 78.1 Å². The largest absolute Gasteiger partial charge is 0.343 e. The Morgan fingerprint density at radius 3 is 2.69 bits per heavy atom. The fourth-order valence-electron chi connectivity index (χ4n) is 4.72. The van der Waals surface area contributed by atoms with Crippen molar-refractivity contribution in [3.05, 3.63) is 62.0 Å². The highest BCUT2D eigenvalue weighted by molar-refractivity contribution is 6.30. The van der Waals surface area contributed by atoms with Crippen molar-refractivity contribution in [3.8, 4) is 0 Å². The summed E-state index contributed by atoms with van der Waals surface area (Å²) in [6, 6.07) is 7.42. The van der Waals surface area contributed by atoms with Crippen LogP contribution in [0.5, 0.6) is 0 Å².